The van der Waals surface area contributed by atoms with Gasteiger partial charge in [0, 0.05) is 10.5 Å². The van der Waals surface area contributed by atoms with Gasteiger partial charge in [-0.2, -0.15) is 17.5 Å². The fourth-order valence-corrected chi connectivity index (χ4v) is 3.63. The molecular formula is C11H11BrF3NO2S. The van der Waals surface area contributed by atoms with Crippen LogP contribution in [0, 0.1) is 0 Å². The normalized spacial score (nSPS) is 16.9. The zero-order valence-electron chi connectivity index (χ0n) is 9.69. The van der Waals surface area contributed by atoms with Crippen molar-refractivity contribution in [2.75, 3.05) is 6.54 Å². The fraction of sp³-hybridized carbons (Fsp3) is 0.455. The van der Waals surface area contributed by atoms with Gasteiger partial charge in [0.1, 0.15) is 6.54 Å². The highest BCUT2D eigenvalue weighted by Crippen LogP contribution is 2.34. The smallest absolute Gasteiger partial charge is 0.207 e. The van der Waals surface area contributed by atoms with Gasteiger partial charge in [0.2, 0.25) is 10.0 Å². The Morgan fingerprint density at radius 2 is 1.74 bits per heavy atom. The molecule has 2 rings (SSSR count). The number of hydrogen-bond acceptors (Lipinski definition) is 2. The number of rotatable bonds is 4. The lowest BCUT2D eigenvalue weighted by Crippen LogP contribution is -2.40. The van der Waals surface area contributed by atoms with E-state index < -0.39 is 28.8 Å². The molecule has 0 spiro atoms. The summed E-state index contributed by atoms with van der Waals surface area (Å²) >= 11 is 3.15. The van der Waals surface area contributed by atoms with E-state index in [1.165, 1.54) is 24.3 Å². The van der Waals surface area contributed by atoms with Crippen molar-refractivity contribution in [3.63, 3.8) is 0 Å². The number of alkyl halides is 3. The Morgan fingerprint density at radius 1 is 1.21 bits per heavy atom. The average Bonchev–Trinajstić information content (AvgIpc) is 3.09. The number of benzene rings is 1. The van der Waals surface area contributed by atoms with Crippen molar-refractivity contribution < 1.29 is 21.6 Å². The third-order valence-corrected chi connectivity index (χ3v) is 5.15. The van der Waals surface area contributed by atoms with E-state index in [-0.39, 0.29) is 4.90 Å². The maximum absolute atomic E-state index is 12.5. The number of hydrogen-bond donors (Lipinski definition) is 0. The lowest BCUT2D eigenvalue weighted by Gasteiger charge is -2.23. The van der Waals surface area contributed by atoms with E-state index in [9.17, 15) is 21.6 Å². The lowest BCUT2D eigenvalue weighted by molar-refractivity contribution is -0.137. The van der Waals surface area contributed by atoms with Crippen molar-refractivity contribution in [2.24, 2.45) is 0 Å². The van der Waals surface area contributed by atoms with Crippen molar-refractivity contribution in [2.45, 2.75) is 30.0 Å². The summed E-state index contributed by atoms with van der Waals surface area (Å²) in [5, 5.41) is 0. The van der Waals surface area contributed by atoms with Crippen LogP contribution in [0.3, 0.4) is 0 Å². The van der Waals surface area contributed by atoms with Crippen LogP contribution in [0.15, 0.2) is 33.6 Å². The highest BCUT2D eigenvalue weighted by Gasteiger charge is 2.44. The molecular weight excluding hydrogens is 347 g/mol. The van der Waals surface area contributed by atoms with Crippen LogP contribution in [0.5, 0.6) is 0 Å². The van der Waals surface area contributed by atoms with Crippen molar-refractivity contribution in [1.29, 1.82) is 0 Å². The summed E-state index contributed by atoms with van der Waals surface area (Å²) in [5.41, 5.74) is 0. The summed E-state index contributed by atoms with van der Waals surface area (Å²) in [4.78, 5) is -0.119. The predicted octanol–water partition coefficient (Wildman–Crippen LogP) is 3.16. The second kappa shape index (κ2) is 5.06. The van der Waals surface area contributed by atoms with Gasteiger partial charge in [-0.3, -0.25) is 0 Å². The summed E-state index contributed by atoms with van der Waals surface area (Å²) in [6.45, 7) is -1.43. The quantitative estimate of drug-likeness (QED) is 0.829. The first-order chi connectivity index (χ1) is 8.70. The third-order valence-electron chi connectivity index (χ3n) is 2.71. The van der Waals surface area contributed by atoms with Crippen LogP contribution in [-0.4, -0.2) is 31.5 Å². The van der Waals surface area contributed by atoms with Gasteiger partial charge in [0.15, 0.2) is 0 Å². The Labute approximate surface area is 117 Å². The standard InChI is InChI=1S/C11H11BrF3NO2S/c12-8-1-5-10(6-2-8)19(17,18)16(9-3-4-9)7-11(13,14)15/h1-2,5-6,9H,3-4,7H2. The van der Waals surface area contributed by atoms with E-state index in [2.05, 4.69) is 15.9 Å². The molecule has 0 heterocycles. The summed E-state index contributed by atoms with van der Waals surface area (Å²) in [5.74, 6) is 0. The van der Waals surface area contributed by atoms with E-state index in [1.54, 1.807) is 0 Å². The molecule has 0 aromatic heterocycles. The molecule has 8 heteroatoms. The topological polar surface area (TPSA) is 37.4 Å². The van der Waals surface area contributed by atoms with Gasteiger partial charge in [0.25, 0.3) is 0 Å². The van der Waals surface area contributed by atoms with Gasteiger partial charge >= 0.3 is 6.18 Å². The van der Waals surface area contributed by atoms with Crippen LogP contribution in [0.4, 0.5) is 13.2 Å². The zero-order valence-corrected chi connectivity index (χ0v) is 12.1. The average molecular weight is 358 g/mol. The monoisotopic (exact) mass is 357 g/mol. The summed E-state index contributed by atoms with van der Waals surface area (Å²) in [7, 11) is -4.10. The molecule has 1 aromatic carbocycles. The van der Waals surface area contributed by atoms with E-state index in [0.29, 0.717) is 21.6 Å². The maximum Gasteiger partial charge on any atom is 0.402 e. The van der Waals surface area contributed by atoms with Gasteiger partial charge in [-0.15, -0.1) is 0 Å². The zero-order chi connectivity index (χ0) is 14.3. The molecule has 3 nitrogen and oxygen atoms in total. The van der Waals surface area contributed by atoms with E-state index in [0.717, 1.165) is 0 Å². The first-order valence-corrected chi connectivity index (χ1v) is 7.77. The first-order valence-electron chi connectivity index (χ1n) is 5.54. The third kappa shape index (κ3) is 3.70. The minimum absolute atomic E-state index is 0.119. The molecule has 0 bridgehead atoms. The van der Waals surface area contributed by atoms with Gasteiger partial charge in [0.05, 0.1) is 4.90 Å². The Balaban J connectivity index is 2.32. The molecule has 0 aliphatic heterocycles. The van der Waals surface area contributed by atoms with Gasteiger partial charge in [-0.1, -0.05) is 15.9 Å². The highest BCUT2D eigenvalue weighted by atomic mass is 79.9. The predicted molar refractivity (Wildman–Crippen MR) is 67.1 cm³/mol. The fourth-order valence-electron chi connectivity index (χ4n) is 1.69. The van der Waals surface area contributed by atoms with Gasteiger partial charge in [-0.25, -0.2) is 8.42 Å². The summed E-state index contributed by atoms with van der Waals surface area (Å²) in [6, 6.07) is 5.04. The van der Waals surface area contributed by atoms with Crippen LogP contribution in [0.25, 0.3) is 0 Å². The number of halogens is 4. The van der Waals surface area contributed by atoms with Gasteiger partial charge in [-0.05, 0) is 37.1 Å². The Morgan fingerprint density at radius 3 is 2.16 bits per heavy atom. The Hall–Kier alpha value is -0.600. The summed E-state index contributed by atoms with van der Waals surface area (Å²) in [6.07, 6.45) is -3.58. The molecule has 19 heavy (non-hydrogen) atoms. The Kier molecular flexibility index (Phi) is 3.95. The van der Waals surface area contributed by atoms with Crippen LogP contribution >= 0.6 is 15.9 Å². The molecule has 0 amide bonds. The maximum atomic E-state index is 12.5. The van der Waals surface area contributed by atoms with E-state index >= 15 is 0 Å². The molecule has 0 unspecified atom stereocenters. The minimum atomic E-state index is -4.54. The van der Waals surface area contributed by atoms with Crippen molar-refractivity contribution in [3.05, 3.63) is 28.7 Å². The second-order valence-electron chi connectivity index (χ2n) is 4.35. The molecule has 0 saturated heterocycles. The van der Waals surface area contributed by atoms with Crippen molar-refractivity contribution in [3.8, 4) is 0 Å². The minimum Gasteiger partial charge on any atom is -0.207 e. The number of nitrogens with zero attached hydrogens (tertiary/aromatic N) is 1. The molecule has 0 atom stereocenters. The molecule has 1 aliphatic rings. The highest BCUT2D eigenvalue weighted by molar-refractivity contribution is 9.10. The number of sulfonamides is 1. The molecule has 1 saturated carbocycles. The Bertz CT molecular complexity index is 552. The SMILES string of the molecule is O=S(=O)(c1ccc(Br)cc1)N(CC(F)(F)F)C1CC1. The second-order valence-corrected chi connectivity index (χ2v) is 7.16. The van der Waals surface area contributed by atoms with Crippen LogP contribution in [0.1, 0.15) is 12.8 Å². The lowest BCUT2D eigenvalue weighted by atomic mass is 10.4. The first kappa shape index (κ1) is 14.8. The van der Waals surface area contributed by atoms with Crippen LogP contribution in [-0.2, 0) is 10.0 Å². The molecule has 1 aromatic rings. The molecule has 1 aliphatic carbocycles. The molecule has 0 N–H and O–H groups in total. The molecule has 0 radical (unpaired) electrons. The van der Waals surface area contributed by atoms with E-state index in [4.69, 9.17) is 0 Å². The van der Waals surface area contributed by atoms with E-state index in [1.807, 2.05) is 0 Å². The van der Waals surface area contributed by atoms with Crippen molar-refractivity contribution in [1.82, 2.24) is 4.31 Å². The van der Waals surface area contributed by atoms with Crippen LogP contribution in [0.2, 0.25) is 0 Å². The molecule has 1 fully saturated rings. The largest absolute Gasteiger partial charge is 0.402 e. The van der Waals surface area contributed by atoms with Crippen LogP contribution < -0.4 is 0 Å². The summed E-state index contributed by atoms with van der Waals surface area (Å²) < 4.78 is 63.1. The molecule has 106 valence electrons. The van der Waals surface area contributed by atoms with Gasteiger partial charge < -0.3 is 0 Å². The van der Waals surface area contributed by atoms with Crippen molar-refractivity contribution >= 4 is 26.0 Å².